The number of hydrogen-bond acceptors (Lipinski definition) is 7. The second kappa shape index (κ2) is 13.3. The van der Waals surface area contributed by atoms with Gasteiger partial charge in [-0.1, -0.05) is 66.7 Å². The third-order valence-corrected chi connectivity index (χ3v) is 8.29. The van der Waals surface area contributed by atoms with E-state index in [1.54, 1.807) is 24.3 Å². The van der Waals surface area contributed by atoms with Crippen LogP contribution in [0.4, 0.5) is 10.5 Å². The number of nitrogens with one attached hydrogen (secondary N) is 1. The Balaban J connectivity index is 1.39. The molecule has 4 aromatic rings. The van der Waals surface area contributed by atoms with Crippen molar-refractivity contribution in [2.75, 3.05) is 51.5 Å². The van der Waals surface area contributed by atoms with E-state index in [-0.39, 0.29) is 0 Å². The Morgan fingerprint density at radius 1 is 0.953 bits per heavy atom. The zero-order valence-electron chi connectivity index (χ0n) is 24.4. The van der Waals surface area contributed by atoms with E-state index in [0.717, 1.165) is 73.0 Å². The molecule has 43 heavy (non-hydrogen) atoms. The Labute approximate surface area is 252 Å². The van der Waals surface area contributed by atoms with E-state index in [0.29, 0.717) is 29.4 Å². The SMILES string of the molecule is COC(=O)N(NC(=O)c1c(CN2CCN(C3CCCOC3)CC2)c(-c2ccccc2)nc2ccccc12)c1ccccc1. The summed E-state index contributed by atoms with van der Waals surface area (Å²) in [6.07, 6.45) is 1.60. The predicted molar refractivity (Wildman–Crippen MR) is 167 cm³/mol. The molecule has 1 atom stereocenters. The van der Waals surface area contributed by atoms with E-state index in [1.165, 1.54) is 13.5 Å². The molecule has 0 radical (unpaired) electrons. The van der Waals surface area contributed by atoms with Crippen molar-refractivity contribution < 1.29 is 19.1 Å². The lowest BCUT2D eigenvalue weighted by molar-refractivity contribution is -0.00266. The highest BCUT2D eigenvalue weighted by atomic mass is 16.5. The number of aromatic nitrogens is 1. The molecule has 3 heterocycles. The summed E-state index contributed by atoms with van der Waals surface area (Å²) >= 11 is 0. The molecule has 2 aliphatic heterocycles. The van der Waals surface area contributed by atoms with Crippen molar-refractivity contribution in [2.45, 2.75) is 25.4 Å². The van der Waals surface area contributed by atoms with Crippen LogP contribution in [0.25, 0.3) is 22.2 Å². The molecule has 222 valence electrons. The average molecular weight is 580 g/mol. The number of nitrogens with zero attached hydrogens (tertiary/aromatic N) is 4. The van der Waals surface area contributed by atoms with E-state index < -0.39 is 12.0 Å². The summed E-state index contributed by atoms with van der Waals surface area (Å²) in [4.78, 5) is 37.2. The van der Waals surface area contributed by atoms with Gasteiger partial charge in [0, 0.05) is 61.9 Å². The number of ether oxygens (including phenoxy) is 2. The lowest BCUT2D eigenvalue weighted by atomic mass is 9.95. The number of benzene rings is 3. The van der Waals surface area contributed by atoms with Gasteiger partial charge in [0.2, 0.25) is 0 Å². The van der Waals surface area contributed by atoms with Crippen molar-refractivity contribution in [3.05, 3.63) is 96.1 Å². The quantitative estimate of drug-likeness (QED) is 0.318. The maximum atomic E-state index is 14.3. The topological polar surface area (TPSA) is 87.2 Å². The minimum absolute atomic E-state index is 0.405. The fraction of sp³-hybridized carbons (Fsp3) is 0.324. The van der Waals surface area contributed by atoms with Crippen LogP contribution in [0.3, 0.4) is 0 Å². The van der Waals surface area contributed by atoms with E-state index in [1.807, 2.05) is 60.7 Å². The molecule has 0 bridgehead atoms. The first-order valence-electron chi connectivity index (χ1n) is 14.9. The Morgan fingerprint density at radius 2 is 1.65 bits per heavy atom. The molecular formula is C34H37N5O4. The Hall–Kier alpha value is -4.31. The highest BCUT2D eigenvalue weighted by molar-refractivity contribution is 6.10. The first kappa shape index (κ1) is 28.8. The lowest BCUT2D eigenvalue weighted by Crippen LogP contribution is -2.52. The Morgan fingerprint density at radius 3 is 2.35 bits per heavy atom. The van der Waals surface area contributed by atoms with Gasteiger partial charge >= 0.3 is 6.09 Å². The van der Waals surface area contributed by atoms with Crippen LogP contribution in [-0.2, 0) is 16.0 Å². The first-order chi connectivity index (χ1) is 21.1. The van der Waals surface area contributed by atoms with Gasteiger partial charge in [-0.05, 0) is 31.0 Å². The van der Waals surface area contributed by atoms with Gasteiger partial charge < -0.3 is 9.47 Å². The number of hydrazine groups is 1. The normalized spacial score (nSPS) is 17.8. The fourth-order valence-corrected chi connectivity index (χ4v) is 6.06. The number of hydrogen-bond donors (Lipinski definition) is 1. The molecule has 9 nitrogen and oxygen atoms in total. The number of fused-ring (bicyclic) bond motifs is 1. The van der Waals surface area contributed by atoms with Gasteiger partial charge in [0.1, 0.15) is 0 Å². The molecule has 2 aliphatic rings. The number of amides is 2. The zero-order valence-corrected chi connectivity index (χ0v) is 24.4. The van der Waals surface area contributed by atoms with Crippen molar-refractivity contribution >= 4 is 28.6 Å². The van der Waals surface area contributed by atoms with Crippen LogP contribution in [0.1, 0.15) is 28.8 Å². The second-order valence-corrected chi connectivity index (χ2v) is 11.0. The van der Waals surface area contributed by atoms with Crippen LogP contribution in [-0.4, -0.2) is 79.3 Å². The molecule has 1 N–H and O–H groups in total. The van der Waals surface area contributed by atoms with Crippen molar-refractivity contribution in [3.63, 3.8) is 0 Å². The molecule has 2 fully saturated rings. The molecule has 2 saturated heterocycles. The number of para-hydroxylation sites is 2. The third-order valence-electron chi connectivity index (χ3n) is 8.29. The molecule has 9 heteroatoms. The fourth-order valence-electron chi connectivity index (χ4n) is 6.06. The Bertz CT molecular complexity index is 1550. The molecule has 6 rings (SSSR count). The molecular weight excluding hydrogens is 542 g/mol. The maximum Gasteiger partial charge on any atom is 0.433 e. The van der Waals surface area contributed by atoms with Crippen molar-refractivity contribution in [2.24, 2.45) is 0 Å². The number of carbonyl (C=O) groups excluding carboxylic acids is 2. The van der Waals surface area contributed by atoms with Gasteiger partial charge in [0.25, 0.3) is 5.91 Å². The van der Waals surface area contributed by atoms with Gasteiger partial charge in [-0.25, -0.2) is 9.78 Å². The minimum atomic E-state index is -0.689. The smallest absolute Gasteiger partial charge is 0.433 e. The highest BCUT2D eigenvalue weighted by Gasteiger charge is 2.29. The summed E-state index contributed by atoms with van der Waals surface area (Å²) in [6.45, 7) is 5.84. The molecule has 1 aromatic heterocycles. The number of rotatable bonds is 6. The van der Waals surface area contributed by atoms with E-state index in [2.05, 4.69) is 15.2 Å². The van der Waals surface area contributed by atoms with Crippen molar-refractivity contribution in [3.8, 4) is 11.3 Å². The molecule has 3 aromatic carbocycles. The molecule has 0 aliphatic carbocycles. The molecule has 0 spiro atoms. The number of anilines is 1. The summed E-state index contributed by atoms with van der Waals surface area (Å²) < 4.78 is 10.8. The zero-order chi connectivity index (χ0) is 29.6. The third kappa shape index (κ3) is 6.39. The number of methoxy groups -OCH3 is 1. The van der Waals surface area contributed by atoms with Crippen LogP contribution in [0.15, 0.2) is 84.9 Å². The van der Waals surface area contributed by atoms with E-state index in [4.69, 9.17) is 14.5 Å². The summed E-state index contributed by atoms with van der Waals surface area (Å²) in [6, 6.07) is 27.1. The number of carbonyl (C=O) groups is 2. The van der Waals surface area contributed by atoms with Crippen LogP contribution >= 0.6 is 0 Å². The summed E-state index contributed by atoms with van der Waals surface area (Å²) in [5, 5.41) is 1.87. The average Bonchev–Trinajstić information content (AvgIpc) is 3.08. The number of piperazine rings is 1. The molecule has 0 saturated carbocycles. The monoisotopic (exact) mass is 579 g/mol. The Kier molecular flexibility index (Phi) is 8.93. The standard InChI is InChI=1S/C34H37N5O4/c1-42-34(41)39(26-13-6-3-7-14-26)36-33(40)31-28-16-8-9-17-30(28)35-32(25-11-4-2-5-12-25)29(31)23-37-18-20-38(21-19-37)27-15-10-22-43-24-27/h2-9,11-14,16-17,27H,10,15,18-24H2,1H3,(H,36,40). The van der Waals surface area contributed by atoms with Crippen LogP contribution in [0.5, 0.6) is 0 Å². The lowest BCUT2D eigenvalue weighted by Gasteiger charge is -2.40. The van der Waals surface area contributed by atoms with Crippen molar-refractivity contribution in [1.82, 2.24) is 20.2 Å². The van der Waals surface area contributed by atoms with Gasteiger partial charge in [-0.15, -0.1) is 0 Å². The highest BCUT2D eigenvalue weighted by Crippen LogP contribution is 2.32. The van der Waals surface area contributed by atoms with Gasteiger partial charge in [-0.3, -0.25) is 20.0 Å². The van der Waals surface area contributed by atoms with Crippen LogP contribution < -0.4 is 10.4 Å². The van der Waals surface area contributed by atoms with E-state index in [9.17, 15) is 9.59 Å². The summed E-state index contributed by atoms with van der Waals surface area (Å²) in [5.74, 6) is -0.405. The van der Waals surface area contributed by atoms with Crippen LogP contribution in [0, 0.1) is 0 Å². The predicted octanol–water partition coefficient (Wildman–Crippen LogP) is 5.12. The minimum Gasteiger partial charge on any atom is -0.451 e. The van der Waals surface area contributed by atoms with Gasteiger partial charge in [0.05, 0.1) is 36.2 Å². The maximum absolute atomic E-state index is 14.3. The van der Waals surface area contributed by atoms with Crippen molar-refractivity contribution in [1.29, 1.82) is 0 Å². The molecule has 2 amide bonds. The summed E-state index contributed by atoms with van der Waals surface area (Å²) in [5.41, 5.74) is 7.07. The summed E-state index contributed by atoms with van der Waals surface area (Å²) in [7, 11) is 1.30. The number of pyridine rings is 1. The van der Waals surface area contributed by atoms with Crippen LogP contribution in [0.2, 0.25) is 0 Å². The van der Waals surface area contributed by atoms with E-state index >= 15 is 0 Å². The first-order valence-corrected chi connectivity index (χ1v) is 14.9. The van der Waals surface area contributed by atoms with Gasteiger partial charge in [0.15, 0.2) is 0 Å². The largest absolute Gasteiger partial charge is 0.451 e. The molecule has 1 unspecified atom stereocenters. The van der Waals surface area contributed by atoms with Gasteiger partial charge in [-0.2, -0.15) is 5.01 Å². The second-order valence-electron chi connectivity index (χ2n) is 11.0.